The maximum Gasteiger partial charge on any atom is 0.264 e. The molecule has 2 rings (SSSR count). The number of carbonyl (C=O) groups is 1. The Hall–Kier alpha value is -0.580. The second-order valence-electron chi connectivity index (χ2n) is 4.35. The highest BCUT2D eigenvalue weighted by Crippen LogP contribution is 2.19. The molecule has 0 radical (unpaired) electrons. The second kappa shape index (κ2) is 6.38. The van der Waals surface area contributed by atoms with Crippen LogP contribution in [0.25, 0.3) is 0 Å². The molecular weight excluding hydrogens is 256 g/mol. The lowest BCUT2D eigenvalue weighted by Crippen LogP contribution is -2.46. The standard InChI is InChI=1S/C12H18N2OS.ClH/c1-9-5-7-16-11(9)12(15)14(2)10-4-3-6-13-8-10;/h5,7,10,13H,3-4,6,8H2,1-2H3;1H/t10-;/m1./s1. The average molecular weight is 275 g/mol. The van der Waals surface area contributed by atoms with Gasteiger partial charge < -0.3 is 10.2 Å². The molecular formula is C12H19ClN2OS. The number of nitrogens with one attached hydrogen (secondary N) is 1. The summed E-state index contributed by atoms with van der Waals surface area (Å²) in [7, 11) is 1.92. The van der Waals surface area contributed by atoms with Crippen molar-refractivity contribution >= 4 is 29.7 Å². The van der Waals surface area contributed by atoms with Gasteiger partial charge in [-0.25, -0.2) is 0 Å². The van der Waals surface area contributed by atoms with Crippen LogP contribution in [0.15, 0.2) is 11.4 Å². The molecule has 2 heterocycles. The smallest absolute Gasteiger partial charge is 0.264 e. The van der Waals surface area contributed by atoms with E-state index in [4.69, 9.17) is 0 Å². The Morgan fingerprint density at radius 3 is 2.88 bits per heavy atom. The van der Waals surface area contributed by atoms with Gasteiger partial charge in [-0.1, -0.05) is 0 Å². The Morgan fingerprint density at radius 1 is 1.59 bits per heavy atom. The first-order valence-electron chi connectivity index (χ1n) is 5.72. The summed E-state index contributed by atoms with van der Waals surface area (Å²) >= 11 is 1.54. The molecule has 1 amide bonds. The van der Waals surface area contributed by atoms with E-state index in [2.05, 4.69) is 5.32 Å². The molecule has 1 N–H and O–H groups in total. The van der Waals surface area contributed by atoms with Gasteiger partial charge in [-0.15, -0.1) is 23.7 Å². The minimum Gasteiger partial charge on any atom is -0.337 e. The van der Waals surface area contributed by atoms with E-state index in [-0.39, 0.29) is 18.3 Å². The van der Waals surface area contributed by atoms with Gasteiger partial charge in [-0.2, -0.15) is 0 Å². The van der Waals surface area contributed by atoms with E-state index in [0.29, 0.717) is 6.04 Å². The first kappa shape index (κ1) is 14.5. The van der Waals surface area contributed by atoms with E-state index in [1.165, 1.54) is 11.3 Å². The van der Waals surface area contributed by atoms with Crippen LogP contribution in [0.1, 0.15) is 28.1 Å². The molecule has 1 aromatic heterocycles. The molecule has 17 heavy (non-hydrogen) atoms. The zero-order valence-electron chi connectivity index (χ0n) is 10.2. The van der Waals surface area contributed by atoms with Crippen molar-refractivity contribution in [2.24, 2.45) is 0 Å². The number of piperidine rings is 1. The maximum absolute atomic E-state index is 12.2. The van der Waals surface area contributed by atoms with Gasteiger partial charge in [-0.3, -0.25) is 4.79 Å². The van der Waals surface area contributed by atoms with Crippen LogP contribution in [-0.4, -0.2) is 37.0 Å². The van der Waals surface area contributed by atoms with E-state index in [1.54, 1.807) is 0 Å². The van der Waals surface area contributed by atoms with Crippen LogP contribution in [0, 0.1) is 6.92 Å². The lowest BCUT2D eigenvalue weighted by molar-refractivity contribution is 0.0712. The predicted molar refractivity (Wildman–Crippen MR) is 74.3 cm³/mol. The number of likely N-dealkylation sites (N-methyl/N-ethyl adjacent to an activating group) is 1. The molecule has 1 aliphatic rings. The minimum atomic E-state index is 0. The first-order chi connectivity index (χ1) is 7.70. The van der Waals surface area contributed by atoms with E-state index >= 15 is 0 Å². The monoisotopic (exact) mass is 274 g/mol. The van der Waals surface area contributed by atoms with Crippen LogP contribution in [0.5, 0.6) is 0 Å². The summed E-state index contributed by atoms with van der Waals surface area (Å²) in [6.45, 7) is 4.00. The molecule has 0 aliphatic carbocycles. The average Bonchev–Trinajstić information content (AvgIpc) is 2.75. The number of hydrogen-bond donors (Lipinski definition) is 1. The Balaban J connectivity index is 0.00000144. The van der Waals surface area contributed by atoms with Gasteiger partial charge in [0.2, 0.25) is 0 Å². The van der Waals surface area contributed by atoms with Crippen LogP contribution in [0.3, 0.4) is 0 Å². The third kappa shape index (κ3) is 3.21. The number of thiophene rings is 1. The number of hydrogen-bond acceptors (Lipinski definition) is 3. The molecule has 1 aromatic rings. The summed E-state index contributed by atoms with van der Waals surface area (Å²) in [4.78, 5) is 15.0. The molecule has 1 aliphatic heterocycles. The van der Waals surface area contributed by atoms with E-state index in [0.717, 1.165) is 36.4 Å². The van der Waals surface area contributed by atoms with Crippen LogP contribution < -0.4 is 5.32 Å². The van der Waals surface area contributed by atoms with Crippen molar-refractivity contribution in [2.75, 3.05) is 20.1 Å². The SMILES string of the molecule is Cc1ccsc1C(=O)N(C)[C@@H]1CCCNC1.Cl. The molecule has 0 bridgehead atoms. The number of amides is 1. The molecule has 3 nitrogen and oxygen atoms in total. The zero-order chi connectivity index (χ0) is 11.5. The fourth-order valence-corrected chi connectivity index (χ4v) is 2.99. The first-order valence-corrected chi connectivity index (χ1v) is 6.60. The van der Waals surface area contributed by atoms with E-state index < -0.39 is 0 Å². The number of halogens is 1. The molecule has 0 saturated carbocycles. The minimum absolute atomic E-state index is 0. The molecule has 0 spiro atoms. The van der Waals surface area contributed by atoms with Gasteiger partial charge in [0.25, 0.3) is 5.91 Å². The third-order valence-corrected chi connectivity index (χ3v) is 4.20. The lowest BCUT2D eigenvalue weighted by Gasteiger charge is -2.31. The van der Waals surface area contributed by atoms with Crippen molar-refractivity contribution < 1.29 is 4.79 Å². The van der Waals surface area contributed by atoms with Crippen LogP contribution in [0.2, 0.25) is 0 Å². The highest BCUT2D eigenvalue weighted by Gasteiger charge is 2.24. The fraction of sp³-hybridized carbons (Fsp3) is 0.583. The molecule has 0 aromatic carbocycles. The zero-order valence-corrected chi connectivity index (χ0v) is 11.9. The quantitative estimate of drug-likeness (QED) is 0.898. The highest BCUT2D eigenvalue weighted by molar-refractivity contribution is 7.12. The Bertz CT molecular complexity index is 374. The van der Waals surface area contributed by atoms with Crippen LogP contribution in [-0.2, 0) is 0 Å². The van der Waals surface area contributed by atoms with Gasteiger partial charge in [-0.05, 0) is 43.3 Å². The summed E-state index contributed by atoms with van der Waals surface area (Å²) in [6.07, 6.45) is 2.27. The summed E-state index contributed by atoms with van der Waals surface area (Å²) in [6, 6.07) is 2.35. The third-order valence-electron chi connectivity index (χ3n) is 3.20. The van der Waals surface area contributed by atoms with Crippen molar-refractivity contribution in [1.29, 1.82) is 0 Å². The van der Waals surface area contributed by atoms with E-state index in [1.807, 2.05) is 30.3 Å². The lowest BCUT2D eigenvalue weighted by atomic mass is 10.1. The molecule has 0 unspecified atom stereocenters. The molecule has 1 atom stereocenters. The van der Waals surface area contributed by atoms with Crippen molar-refractivity contribution in [3.63, 3.8) is 0 Å². The Kier molecular flexibility index (Phi) is 5.43. The van der Waals surface area contributed by atoms with Gasteiger partial charge in [0.05, 0.1) is 4.88 Å². The van der Waals surface area contributed by atoms with Crippen molar-refractivity contribution in [3.05, 3.63) is 21.9 Å². The van der Waals surface area contributed by atoms with Crippen molar-refractivity contribution in [2.45, 2.75) is 25.8 Å². The number of rotatable bonds is 2. The summed E-state index contributed by atoms with van der Waals surface area (Å²) < 4.78 is 0. The molecule has 96 valence electrons. The molecule has 1 saturated heterocycles. The van der Waals surface area contributed by atoms with Crippen molar-refractivity contribution in [1.82, 2.24) is 10.2 Å². The fourth-order valence-electron chi connectivity index (χ4n) is 2.08. The van der Waals surface area contributed by atoms with Gasteiger partial charge in [0.15, 0.2) is 0 Å². The topological polar surface area (TPSA) is 32.3 Å². The Labute approximate surface area is 113 Å². The normalized spacial score (nSPS) is 19.5. The van der Waals surface area contributed by atoms with Gasteiger partial charge in [0, 0.05) is 19.6 Å². The molecule has 5 heteroatoms. The maximum atomic E-state index is 12.2. The predicted octanol–water partition coefficient (Wildman–Crippen LogP) is 2.30. The molecule has 1 fully saturated rings. The number of aryl methyl sites for hydroxylation is 1. The van der Waals surface area contributed by atoms with Crippen LogP contribution in [0.4, 0.5) is 0 Å². The van der Waals surface area contributed by atoms with E-state index in [9.17, 15) is 4.79 Å². The number of carbonyl (C=O) groups excluding carboxylic acids is 1. The Morgan fingerprint density at radius 2 is 2.35 bits per heavy atom. The van der Waals surface area contributed by atoms with Crippen LogP contribution >= 0.6 is 23.7 Å². The van der Waals surface area contributed by atoms with Gasteiger partial charge in [0.1, 0.15) is 0 Å². The van der Waals surface area contributed by atoms with Crippen molar-refractivity contribution in [3.8, 4) is 0 Å². The van der Waals surface area contributed by atoms with Gasteiger partial charge >= 0.3 is 0 Å². The largest absolute Gasteiger partial charge is 0.337 e. The summed E-state index contributed by atoms with van der Waals surface area (Å²) in [5, 5.41) is 5.32. The summed E-state index contributed by atoms with van der Waals surface area (Å²) in [5.41, 5.74) is 1.09. The highest BCUT2D eigenvalue weighted by atomic mass is 35.5. The summed E-state index contributed by atoms with van der Waals surface area (Å²) in [5.74, 6) is 0.168. The second-order valence-corrected chi connectivity index (χ2v) is 5.27. The number of nitrogens with zero attached hydrogens (tertiary/aromatic N) is 1.